The molecule has 2 heterocycles. The Balaban J connectivity index is 1.82. The summed E-state index contributed by atoms with van der Waals surface area (Å²) in [5, 5.41) is 1.99. The first-order chi connectivity index (χ1) is 9.22. The van der Waals surface area contributed by atoms with Crippen LogP contribution in [0.2, 0.25) is 0 Å². The van der Waals surface area contributed by atoms with Crippen molar-refractivity contribution in [1.82, 2.24) is 9.38 Å². The van der Waals surface area contributed by atoms with Crippen molar-refractivity contribution in [2.75, 3.05) is 6.54 Å². The van der Waals surface area contributed by atoms with Gasteiger partial charge in [-0.25, -0.2) is 4.98 Å². The number of thiazole rings is 1. The van der Waals surface area contributed by atoms with Gasteiger partial charge in [-0.2, -0.15) is 0 Å². The summed E-state index contributed by atoms with van der Waals surface area (Å²) >= 11 is 1.59. The molecule has 19 heavy (non-hydrogen) atoms. The van der Waals surface area contributed by atoms with Gasteiger partial charge in [0.15, 0.2) is 4.96 Å². The van der Waals surface area contributed by atoms with Gasteiger partial charge in [0.05, 0.1) is 12.1 Å². The zero-order valence-corrected chi connectivity index (χ0v) is 12.2. The van der Waals surface area contributed by atoms with Crippen LogP contribution in [0.25, 0.3) is 4.96 Å². The summed E-state index contributed by atoms with van der Waals surface area (Å²) in [5.74, 6) is 0.862. The molecule has 5 heteroatoms. The second-order valence-electron chi connectivity index (χ2n) is 4.93. The lowest BCUT2D eigenvalue weighted by molar-refractivity contribution is -0.118. The van der Waals surface area contributed by atoms with Crippen LogP contribution in [-0.4, -0.2) is 21.7 Å². The molecule has 104 valence electrons. The molecule has 0 aliphatic rings. The van der Waals surface area contributed by atoms with Gasteiger partial charge in [-0.1, -0.05) is 13.3 Å². The molecule has 1 unspecified atom stereocenters. The zero-order valence-electron chi connectivity index (χ0n) is 11.3. The number of carbonyl (C=O) groups excluding carboxylic acids is 1. The molecule has 4 nitrogen and oxygen atoms in total. The summed E-state index contributed by atoms with van der Waals surface area (Å²) in [6, 6.07) is 0. The second-order valence-corrected chi connectivity index (χ2v) is 5.80. The molecule has 2 aromatic heterocycles. The second kappa shape index (κ2) is 6.82. The summed E-state index contributed by atoms with van der Waals surface area (Å²) in [7, 11) is 0. The van der Waals surface area contributed by atoms with Gasteiger partial charge < -0.3 is 5.73 Å². The summed E-state index contributed by atoms with van der Waals surface area (Å²) < 4.78 is 1.97. The maximum Gasteiger partial charge on any atom is 0.193 e. The highest BCUT2D eigenvalue weighted by molar-refractivity contribution is 7.15. The molecule has 0 amide bonds. The van der Waals surface area contributed by atoms with Crippen molar-refractivity contribution >= 4 is 22.1 Å². The third kappa shape index (κ3) is 3.88. The number of Topliss-reactive ketones (excluding diaryl/α,β-unsaturated/α-hetero) is 1. The van der Waals surface area contributed by atoms with Crippen LogP contribution in [0.5, 0.6) is 0 Å². The minimum absolute atomic E-state index is 0.279. The number of aromatic nitrogens is 2. The van der Waals surface area contributed by atoms with Crippen molar-refractivity contribution in [2.24, 2.45) is 11.7 Å². The van der Waals surface area contributed by atoms with Crippen molar-refractivity contribution in [3.05, 3.63) is 23.5 Å². The van der Waals surface area contributed by atoms with E-state index in [0.717, 1.165) is 29.9 Å². The molecule has 0 bridgehead atoms. The molecule has 0 saturated heterocycles. The van der Waals surface area contributed by atoms with Crippen LogP contribution in [0.4, 0.5) is 0 Å². The van der Waals surface area contributed by atoms with Gasteiger partial charge in [-0.3, -0.25) is 9.20 Å². The first kappa shape index (κ1) is 14.2. The Morgan fingerprint density at radius 1 is 1.53 bits per heavy atom. The fourth-order valence-electron chi connectivity index (χ4n) is 2.31. The topological polar surface area (TPSA) is 60.4 Å². The average Bonchev–Trinajstić information content (AvgIpc) is 2.95. The molecule has 0 aliphatic heterocycles. The Bertz CT molecular complexity index is 503. The van der Waals surface area contributed by atoms with Crippen LogP contribution in [0.1, 0.15) is 38.3 Å². The van der Waals surface area contributed by atoms with Crippen LogP contribution < -0.4 is 5.73 Å². The van der Waals surface area contributed by atoms with Crippen LogP contribution in [0.15, 0.2) is 17.8 Å². The molecule has 0 saturated carbocycles. The number of imidazole rings is 1. The number of fused-ring (bicyclic) bond motifs is 1. The van der Waals surface area contributed by atoms with Crippen molar-refractivity contribution in [1.29, 1.82) is 0 Å². The highest BCUT2D eigenvalue weighted by Gasteiger charge is 2.11. The Morgan fingerprint density at radius 2 is 2.37 bits per heavy atom. The zero-order chi connectivity index (χ0) is 13.7. The van der Waals surface area contributed by atoms with E-state index in [1.54, 1.807) is 11.3 Å². The number of carbonyl (C=O) groups is 1. The standard InChI is InChI=1S/C14H21N3OS/c1-2-11(5-6-15)3-4-13(18)9-12-10-17-7-8-19-14(17)16-12/h7-8,10-11H,2-6,9,15H2,1H3. The minimum Gasteiger partial charge on any atom is -0.330 e. The largest absolute Gasteiger partial charge is 0.330 e. The van der Waals surface area contributed by atoms with Crippen molar-refractivity contribution in [3.8, 4) is 0 Å². The molecular formula is C14H21N3OS. The summed E-state index contributed by atoms with van der Waals surface area (Å²) in [6.45, 7) is 2.87. The Kier molecular flexibility index (Phi) is 5.10. The Labute approximate surface area is 117 Å². The lowest BCUT2D eigenvalue weighted by Crippen LogP contribution is -2.11. The third-order valence-corrected chi connectivity index (χ3v) is 4.28. The van der Waals surface area contributed by atoms with Crippen molar-refractivity contribution < 1.29 is 4.79 Å². The Hall–Kier alpha value is -1.20. The van der Waals surface area contributed by atoms with E-state index in [9.17, 15) is 4.79 Å². The third-order valence-electron chi connectivity index (χ3n) is 3.51. The van der Waals surface area contributed by atoms with E-state index in [1.807, 2.05) is 22.2 Å². The number of nitrogens with zero attached hydrogens (tertiary/aromatic N) is 2. The minimum atomic E-state index is 0.279. The molecular weight excluding hydrogens is 258 g/mol. The SMILES string of the molecule is CCC(CCN)CCC(=O)Cc1cn2ccsc2n1. The maximum absolute atomic E-state index is 12.0. The summed E-state index contributed by atoms with van der Waals surface area (Å²) in [6.07, 6.45) is 8.08. The van der Waals surface area contributed by atoms with E-state index in [4.69, 9.17) is 5.73 Å². The predicted octanol–water partition coefficient (Wildman–Crippen LogP) is 2.66. The highest BCUT2D eigenvalue weighted by atomic mass is 32.1. The molecule has 2 rings (SSSR count). The number of hydrogen-bond acceptors (Lipinski definition) is 4. The van der Waals surface area contributed by atoms with E-state index in [0.29, 0.717) is 25.3 Å². The first-order valence-corrected chi connectivity index (χ1v) is 7.73. The average molecular weight is 279 g/mol. The molecule has 0 radical (unpaired) electrons. The van der Waals surface area contributed by atoms with Crippen LogP contribution in [-0.2, 0) is 11.2 Å². The monoisotopic (exact) mass is 279 g/mol. The Morgan fingerprint density at radius 3 is 3.05 bits per heavy atom. The van der Waals surface area contributed by atoms with Crippen LogP contribution in [0.3, 0.4) is 0 Å². The smallest absolute Gasteiger partial charge is 0.193 e. The van der Waals surface area contributed by atoms with Gasteiger partial charge in [-0.05, 0) is 25.3 Å². The van der Waals surface area contributed by atoms with Crippen molar-refractivity contribution in [2.45, 2.75) is 39.0 Å². The van der Waals surface area contributed by atoms with Crippen molar-refractivity contribution in [3.63, 3.8) is 0 Å². The first-order valence-electron chi connectivity index (χ1n) is 6.85. The molecule has 2 N–H and O–H groups in total. The molecule has 0 aliphatic carbocycles. The fourth-order valence-corrected chi connectivity index (χ4v) is 3.02. The van der Waals surface area contributed by atoms with Crippen LogP contribution >= 0.6 is 11.3 Å². The highest BCUT2D eigenvalue weighted by Crippen LogP contribution is 2.16. The van der Waals surface area contributed by atoms with E-state index >= 15 is 0 Å². The van der Waals surface area contributed by atoms with Gasteiger partial charge in [0, 0.05) is 24.2 Å². The van der Waals surface area contributed by atoms with Crippen LogP contribution in [0, 0.1) is 5.92 Å². The fraction of sp³-hybridized carbons (Fsp3) is 0.571. The molecule has 0 fully saturated rings. The number of rotatable bonds is 8. The predicted molar refractivity (Wildman–Crippen MR) is 78.5 cm³/mol. The quantitative estimate of drug-likeness (QED) is 0.808. The van der Waals surface area contributed by atoms with Gasteiger partial charge >= 0.3 is 0 Å². The van der Waals surface area contributed by atoms with Gasteiger partial charge in [-0.15, -0.1) is 11.3 Å². The molecule has 0 aromatic carbocycles. The summed E-state index contributed by atoms with van der Waals surface area (Å²) in [4.78, 5) is 17.4. The van der Waals surface area contributed by atoms with E-state index in [1.165, 1.54) is 0 Å². The van der Waals surface area contributed by atoms with Gasteiger partial charge in [0.25, 0.3) is 0 Å². The number of nitrogens with two attached hydrogens (primary N) is 1. The summed E-state index contributed by atoms with van der Waals surface area (Å²) in [5.41, 5.74) is 6.45. The molecule has 2 aromatic rings. The molecule has 0 spiro atoms. The normalized spacial score (nSPS) is 12.9. The van der Waals surface area contributed by atoms with Gasteiger partial charge in [0.1, 0.15) is 5.78 Å². The lowest BCUT2D eigenvalue weighted by Gasteiger charge is -2.12. The van der Waals surface area contributed by atoms with E-state index < -0.39 is 0 Å². The number of ketones is 1. The maximum atomic E-state index is 12.0. The van der Waals surface area contributed by atoms with E-state index in [2.05, 4.69) is 11.9 Å². The lowest BCUT2D eigenvalue weighted by atomic mass is 9.95. The number of hydrogen-bond donors (Lipinski definition) is 1. The van der Waals surface area contributed by atoms with Gasteiger partial charge in [0.2, 0.25) is 0 Å². The molecule has 1 atom stereocenters. The van der Waals surface area contributed by atoms with E-state index in [-0.39, 0.29) is 5.78 Å².